The lowest BCUT2D eigenvalue weighted by molar-refractivity contribution is 0.207. The number of halogens is 1. The minimum Gasteiger partial charge on any atom is -0.497 e. The predicted molar refractivity (Wildman–Crippen MR) is 131 cm³/mol. The summed E-state index contributed by atoms with van der Waals surface area (Å²) in [6.45, 7) is 3.48. The van der Waals surface area contributed by atoms with Gasteiger partial charge < -0.3 is 20.1 Å². The number of methoxy groups -OCH3 is 1. The first kappa shape index (κ1) is 23.6. The van der Waals surface area contributed by atoms with E-state index in [-0.39, 0.29) is 30.0 Å². The van der Waals surface area contributed by atoms with Crippen molar-refractivity contribution in [2.24, 2.45) is 4.99 Å². The van der Waals surface area contributed by atoms with E-state index in [1.807, 2.05) is 23.7 Å². The molecule has 1 aromatic carbocycles. The van der Waals surface area contributed by atoms with Crippen molar-refractivity contribution >= 4 is 29.9 Å². The minimum absolute atomic E-state index is 0. The fourth-order valence-electron chi connectivity index (χ4n) is 4.25. The number of nitrogens with zero attached hydrogens (tertiary/aromatic N) is 4. The number of ether oxygens (including phenoxy) is 2. The van der Waals surface area contributed by atoms with Crippen LogP contribution in [0.3, 0.4) is 0 Å². The Labute approximate surface area is 201 Å². The second-order valence-electron chi connectivity index (χ2n) is 8.00. The maximum atomic E-state index is 6.31. The molecule has 1 aromatic heterocycles. The smallest absolute Gasteiger partial charge is 0.191 e. The monoisotopic (exact) mass is 540 g/mol. The van der Waals surface area contributed by atoms with Gasteiger partial charge in [-0.25, -0.2) is 9.67 Å². The standard InChI is InChI=1S/C22H32N6O2.HI/c1-15-25-21-19(9-6-12-28(21)27-15)26-22(23-2)24-14-16-10-11-18(29-3)13-20(16)30-17-7-4-5-8-17;/h10-11,13,17,19H,4-9,12,14H2,1-3H3,(H2,23,24,26);1H. The lowest BCUT2D eigenvalue weighted by Gasteiger charge is -2.25. The SMILES string of the molecule is CN=C(NCc1ccc(OC)cc1OC1CCCC1)NC1CCCn2nc(C)nc21.I. The van der Waals surface area contributed by atoms with Crippen molar-refractivity contribution in [2.45, 2.75) is 70.7 Å². The number of fused-ring (bicyclic) bond motifs is 1. The van der Waals surface area contributed by atoms with E-state index >= 15 is 0 Å². The third-order valence-corrected chi connectivity index (χ3v) is 5.83. The van der Waals surface area contributed by atoms with E-state index in [4.69, 9.17) is 9.47 Å². The van der Waals surface area contributed by atoms with Gasteiger partial charge in [0.1, 0.15) is 23.1 Å². The van der Waals surface area contributed by atoms with E-state index in [1.54, 1.807) is 14.2 Å². The van der Waals surface area contributed by atoms with Crippen molar-refractivity contribution in [2.75, 3.05) is 14.2 Å². The third-order valence-electron chi connectivity index (χ3n) is 5.83. The van der Waals surface area contributed by atoms with E-state index in [1.165, 1.54) is 12.8 Å². The van der Waals surface area contributed by atoms with Gasteiger partial charge >= 0.3 is 0 Å². The Morgan fingerprint density at radius 3 is 2.77 bits per heavy atom. The van der Waals surface area contributed by atoms with Gasteiger partial charge in [0.25, 0.3) is 0 Å². The summed E-state index contributed by atoms with van der Waals surface area (Å²) in [7, 11) is 3.47. The Balaban J connectivity index is 0.00000272. The minimum atomic E-state index is 0. The molecule has 1 aliphatic heterocycles. The molecule has 1 atom stereocenters. The van der Waals surface area contributed by atoms with Crippen LogP contribution in [0.25, 0.3) is 0 Å². The van der Waals surface area contributed by atoms with Crippen molar-refractivity contribution in [1.82, 2.24) is 25.4 Å². The molecule has 4 rings (SSSR count). The van der Waals surface area contributed by atoms with Crippen molar-refractivity contribution in [3.8, 4) is 11.5 Å². The van der Waals surface area contributed by atoms with Crippen LogP contribution in [0.4, 0.5) is 0 Å². The van der Waals surface area contributed by atoms with E-state index in [0.717, 1.165) is 66.9 Å². The Morgan fingerprint density at radius 1 is 1.23 bits per heavy atom. The molecule has 0 amide bonds. The van der Waals surface area contributed by atoms with E-state index < -0.39 is 0 Å². The van der Waals surface area contributed by atoms with Crippen molar-refractivity contribution in [1.29, 1.82) is 0 Å². The van der Waals surface area contributed by atoms with Gasteiger partial charge in [0, 0.05) is 31.8 Å². The van der Waals surface area contributed by atoms with Gasteiger partial charge in [0.05, 0.1) is 19.3 Å². The van der Waals surface area contributed by atoms with Crippen LogP contribution in [-0.4, -0.2) is 41.0 Å². The van der Waals surface area contributed by atoms with Crippen molar-refractivity contribution in [3.63, 3.8) is 0 Å². The molecule has 2 N–H and O–H groups in total. The maximum absolute atomic E-state index is 6.31. The van der Waals surface area contributed by atoms with Crippen LogP contribution in [0, 0.1) is 6.92 Å². The van der Waals surface area contributed by atoms with Gasteiger partial charge in [0.2, 0.25) is 0 Å². The van der Waals surface area contributed by atoms with Crippen molar-refractivity contribution < 1.29 is 9.47 Å². The van der Waals surface area contributed by atoms with Gasteiger partial charge in [-0.2, -0.15) is 5.10 Å². The fraction of sp³-hybridized carbons (Fsp3) is 0.591. The average molecular weight is 540 g/mol. The van der Waals surface area contributed by atoms with E-state index in [2.05, 4.69) is 31.8 Å². The summed E-state index contributed by atoms with van der Waals surface area (Å²) in [4.78, 5) is 9.02. The predicted octanol–water partition coefficient (Wildman–Crippen LogP) is 3.73. The lowest BCUT2D eigenvalue weighted by atomic mass is 10.1. The zero-order valence-corrected chi connectivity index (χ0v) is 20.9. The summed E-state index contributed by atoms with van der Waals surface area (Å²) in [5.41, 5.74) is 1.09. The molecule has 2 aliphatic rings. The van der Waals surface area contributed by atoms with Crippen LogP contribution in [0.1, 0.15) is 61.8 Å². The molecule has 1 fully saturated rings. The number of nitrogens with one attached hydrogen (secondary N) is 2. The third kappa shape index (κ3) is 5.81. The van der Waals surface area contributed by atoms with Crippen LogP contribution in [0.5, 0.6) is 11.5 Å². The van der Waals surface area contributed by atoms with Gasteiger partial charge in [-0.15, -0.1) is 24.0 Å². The topological polar surface area (TPSA) is 85.6 Å². The summed E-state index contributed by atoms with van der Waals surface area (Å²) in [6, 6.07) is 6.12. The molecular weight excluding hydrogens is 507 g/mol. The summed E-state index contributed by atoms with van der Waals surface area (Å²) >= 11 is 0. The Bertz CT molecular complexity index is 894. The second-order valence-corrected chi connectivity index (χ2v) is 8.00. The Kier molecular flexibility index (Phi) is 8.39. The Morgan fingerprint density at radius 2 is 2.03 bits per heavy atom. The van der Waals surface area contributed by atoms with Crippen LogP contribution in [0.15, 0.2) is 23.2 Å². The Hall–Kier alpha value is -2.04. The van der Waals surface area contributed by atoms with Gasteiger partial charge in [-0.1, -0.05) is 0 Å². The summed E-state index contributed by atoms with van der Waals surface area (Å²) in [6.07, 6.45) is 7.10. The molecule has 0 radical (unpaired) electrons. The average Bonchev–Trinajstić information content (AvgIpc) is 3.40. The van der Waals surface area contributed by atoms with Crippen LogP contribution < -0.4 is 20.1 Å². The van der Waals surface area contributed by atoms with Gasteiger partial charge in [0.15, 0.2) is 5.96 Å². The number of hydrogen-bond donors (Lipinski definition) is 2. The molecule has 1 unspecified atom stereocenters. The number of guanidine groups is 1. The molecule has 2 heterocycles. The number of aromatic nitrogens is 3. The van der Waals surface area contributed by atoms with Crippen LogP contribution in [0.2, 0.25) is 0 Å². The van der Waals surface area contributed by atoms with Gasteiger partial charge in [-0.3, -0.25) is 4.99 Å². The molecule has 170 valence electrons. The maximum Gasteiger partial charge on any atom is 0.191 e. The number of aliphatic imine (C=N–C) groups is 1. The highest BCUT2D eigenvalue weighted by Crippen LogP contribution is 2.30. The summed E-state index contributed by atoms with van der Waals surface area (Å²) in [5.74, 6) is 4.24. The fourth-order valence-corrected chi connectivity index (χ4v) is 4.25. The largest absolute Gasteiger partial charge is 0.497 e. The molecule has 9 heteroatoms. The molecule has 2 aromatic rings. The first-order chi connectivity index (χ1) is 14.7. The van der Waals surface area contributed by atoms with Crippen molar-refractivity contribution in [3.05, 3.63) is 35.4 Å². The highest BCUT2D eigenvalue weighted by atomic mass is 127. The normalized spacial score (nSPS) is 18.8. The summed E-state index contributed by atoms with van der Waals surface area (Å²) in [5, 5.41) is 11.4. The molecule has 0 bridgehead atoms. The molecular formula is C22H33IN6O2. The van der Waals surface area contributed by atoms with Crippen LogP contribution >= 0.6 is 24.0 Å². The number of hydrogen-bond acceptors (Lipinski definition) is 5. The highest BCUT2D eigenvalue weighted by molar-refractivity contribution is 14.0. The second kappa shape index (κ2) is 11.0. The zero-order chi connectivity index (χ0) is 20.9. The quantitative estimate of drug-likeness (QED) is 0.330. The van der Waals surface area contributed by atoms with Crippen LogP contribution in [-0.2, 0) is 13.1 Å². The molecule has 1 saturated carbocycles. The molecule has 1 aliphatic carbocycles. The number of rotatable bonds is 6. The summed E-state index contributed by atoms with van der Waals surface area (Å²) < 4.78 is 13.7. The molecule has 8 nitrogen and oxygen atoms in total. The molecule has 31 heavy (non-hydrogen) atoms. The molecule has 0 saturated heterocycles. The number of benzene rings is 1. The van der Waals surface area contributed by atoms with E-state index in [9.17, 15) is 0 Å². The van der Waals surface area contributed by atoms with E-state index in [0.29, 0.717) is 12.6 Å². The first-order valence-electron chi connectivity index (χ1n) is 10.9. The number of aryl methyl sites for hydroxylation is 2. The zero-order valence-electron chi connectivity index (χ0n) is 18.6. The van der Waals surface area contributed by atoms with Gasteiger partial charge in [-0.05, 0) is 57.6 Å². The molecule has 0 spiro atoms. The highest BCUT2D eigenvalue weighted by Gasteiger charge is 2.24. The lowest BCUT2D eigenvalue weighted by Crippen LogP contribution is -2.41. The first-order valence-corrected chi connectivity index (χ1v) is 10.9.